The highest BCUT2D eigenvalue weighted by molar-refractivity contribution is 6.33. The second-order valence-corrected chi connectivity index (χ2v) is 7.30. The van der Waals surface area contributed by atoms with Crippen LogP contribution < -0.4 is 5.32 Å². The molecule has 2 aromatic carbocycles. The summed E-state index contributed by atoms with van der Waals surface area (Å²) >= 11 is 6.06. The van der Waals surface area contributed by atoms with Gasteiger partial charge in [-0.05, 0) is 50.5 Å². The molecule has 1 N–H and O–H groups in total. The number of esters is 1. The number of hydrogen-bond acceptors (Lipinski definition) is 4. The maximum absolute atomic E-state index is 12.8. The average Bonchev–Trinajstić information content (AvgIpc) is 3.33. The van der Waals surface area contributed by atoms with Gasteiger partial charge in [0.1, 0.15) is 0 Å². The molecule has 0 spiro atoms. The number of halogens is 1. The zero-order valence-corrected chi connectivity index (χ0v) is 16.6. The minimum absolute atomic E-state index is 0.277. The van der Waals surface area contributed by atoms with Gasteiger partial charge in [-0.25, -0.2) is 9.48 Å². The second kappa shape index (κ2) is 8.09. The minimum atomic E-state index is -0.988. The van der Waals surface area contributed by atoms with Crippen LogP contribution in [0.3, 0.4) is 0 Å². The van der Waals surface area contributed by atoms with Crippen molar-refractivity contribution in [3.8, 4) is 5.69 Å². The fourth-order valence-electron chi connectivity index (χ4n) is 3.45. The molecule has 1 aliphatic rings. The maximum atomic E-state index is 12.8. The SMILES string of the molecule is CC(OC(=O)c1nn(-c2ccccc2)c2c1CCC2)C(=O)Nc1ccccc1Cl. The predicted molar refractivity (Wildman–Crippen MR) is 111 cm³/mol. The fraction of sp³-hybridized carbons (Fsp3) is 0.227. The molecule has 1 atom stereocenters. The standard InChI is InChI=1S/C22H20ClN3O3/c1-14(21(27)24-18-12-6-5-11-17(18)23)29-22(28)20-16-10-7-13-19(16)26(25-20)15-8-3-2-4-9-15/h2-6,8-9,11-12,14H,7,10,13H2,1H3,(H,24,27). The number of nitrogens with zero attached hydrogens (tertiary/aromatic N) is 2. The number of para-hydroxylation sites is 2. The number of carbonyl (C=O) groups is 2. The van der Waals surface area contributed by atoms with Crippen LogP contribution in [0.15, 0.2) is 54.6 Å². The number of aromatic nitrogens is 2. The van der Waals surface area contributed by atoms with Crippen LogP contribution in [0.2, 0.25) is 5.02 Å². The van der Waals surface area contributed by atoms with Crippen molar-refractivity contribution >= 4 is 29.2 Å². The van der Waals surface area contributed by atoms with E-state index in [1.807, 2.05) is 30.3 Å². The Balaban J connectivity index is 1.52. The Morgan fingerprint density at radius 3 is 2.59 bits per heavy atom. The van der Waals surface area contributed by atoms with Crippen molar-refractivity contribution in [2.75, 3.05) is 5.32 Å². The maximum Gasteiger partial charge on any atom is 0.359 e. The summed E-state index contributed by atoms with van der Waals surface area (Å²) in [5.74, 6) is -1.05. The molecule has 1 amide bonds. The Morgan fingerprint density at radius 1 is 1.10 bits per heavy atom. The summed E-state index contributed by atoms with van der Waals surface area (Å²) in [6.45, 7) is 1.53. The molecule has 148 valence electrons. The van der Waals surface area contributed by atoms with E-state index < -0.39 is 18.0 Å². The van der Waals surface area contributed by atoms with Crippen LogP contribution in [0.4, 0.5) is 5.69 Å². The molecule has 0 bridgehead atoms. The van der Waals surface area contributed by atoms with Gasteiger partial charge in [0.2, 0.25) is 0 Å². The molecule has 6 nitrogen and oxygen atoms in total. The number of rotatable bonds is 5. The molecule has 1 aromatic heterocycles. The van der Waals surface area contributed by atoms with Gasteiger partial charge in [0.15, 0.2) is 11.8 Å². The van der Waals surface area contributed by atoms with Gasteiger partial charge in [0, 0.05) is 11.3 Å². The Hall–Kier alpha value is -3.12. The summed E-state index contributed by atoms with van der Waals surface area (Å²) < 4.78 is 7.21. The molecule has 1 heterocycles. The van der Waals surface area contributed by atoms with E-state index in [1.54, 1.807) is 28.9 Å². The third-order valence-electron chi connectivity index (χ3n) is 4.91. The van der Waals surface area contributed by atoms with Gasteiger partial charge in [-0.1, -0.05) is 41.9 Å². The number of ether oxygens (including phenoxy) is 1. The molecule has 0 aliphatic heterocycles. The molecular formula is C22H20ClN3O3. The zero-order valence-electron chi connectivity index (χ0n) is 15.9. The van der Waals surface area contributed by atoms with Crippen LogP contribution in [0.25, 0.3) is 5.69 Å². The van der Waals surface area contributed by atoms with E-state index in [9.17, 15) is 9.59 Å². The number of nitrogens with one attached hydrogen (secondary N) is 1. The summed E-state index contributed by atoms with van der Waals surface area (Å²) in [5.41, 5.74) is 3.57. The van der Waals surface area contributed by atoms with Gasteiger partial charge in [0.25, 0.3) is 5.91 Å². The first-order valence-corrected chi connectivity index (χ1v) is 9.85. The molecule has 0 radical (unpaired) electrons. The number of hydrogen-bond donors (Lipinski definition) is 1. The van der Waals surface area contributed by atoms with Crippen molar-refractivity contribution in [1.29, 1.82) is 0 Å². The smallest absolute Gasteiger partial charge is 0.359 e. The highest BCUT2D eigenvalue weighted by Crippen LogP contribution is 2.28. The summed E-state index contributed by atoms with van der Waals surface area (Å²) in [6.07, 6.45) is 1.60. The van der Waals surface area contributed by atoms with E-state index in [-0.39, 0.29) is 5.69 Å². The van der Waals surface area contributed by atoms with E-state index in [1.165, 1.54) is 6.92 Å². The second-order valence-electron chi connectivity index (χ2n) is 6.89. The van der Waals surface area contributed by atoms with Crippen molar-refractivity contribution in [2.24, 2.45) is 0 Å². The number of fused-ring (bicyclic) bond motifs is 1. The number of benzene rings is 2. The molecular weight excluding hydrogens is 390 g/mol. The molecule has 4 rings (SSSR count). The fourth-order valence-corrected chi connectivity index (χ4v) is 3.63. The molecule has 1 unspecified atom stereocenters. The summed E-state index contributed by atoms with van der Waals surface area (Å²) in [4.78, 5) is 25.2. The van der Waals surface area contributed by atoms with Crippen LogP contribution in [0.5, 0.6) is 0 Å². The summed E-state index contributed by atoms with van der Waals surface area (Å²) in [5, 5.41) is 7.59. The van der Waals surface area contributed by atoms with Gasteiger partial charge < -0.3 is 10.1 Å². The molecule has 29 heavy (non-hydrogen) atoms. The number of anilines is 1. The molecule has 7 heteroatoms. The van der Waals surface area contributed by atoms with Crippen molar-refractivity contribution in [3.63, 3.8) is 0 Å². The Morgan fingerprint density at radius 2 is 1.83 bits per heavy atom. The summed E-state index contributed by atoms with van der Waals surface area (Å²) in [7, 11) is 0. The highest BCUT2D eigenvalue weighted by Gasteiger charge is 2.29. The van der Waals surface area contributed by atoms with Gasteiger partial charge in [-0.3, -0.25) is 4.79 Å². The zero-order chi connectivity index (χ0) is 20.4. The lowest BCUT2D eigenvalue weighted by atomic mass is 10.2. The highest BCUT2D eigenvalue weighted by atomic mass is 35.5. The molecule has 0 fully saturated rings. The molecule has 0 saturated carbocycles. The minimum Gasteiger partial charge on any atom is -0.448 e. The van der Waals surface area contributed by atoms with Crippen molar-refractivity contribution in [1.82, 2.24) is 9.78 Å². The average molecular weight is 410 g/mol. The van der Waals surface area contributed by atoms with E-state index in [2.05, 4.69) is 10.4 Å². The monoisotopic (exact) mass is 409 g/mol. The Labute approximate surface area is 173 Å². The predicted octanol–water partition coefficient (Wildman–Crippen LogP) is 4.20. The molecule has 1 aliphatic carbocycles. The van der Waals surface area contributed by atoms with Gasteiger partial charge in [0.05, 0.1) is 16.4 Å². The lowest BCUT2D eigenvalue weighted by molar-refractivity contribution is -0.123. The van der Waals surface area contributed by atoms with E-state index >= 15 is 0 Å². The largest absolute Gasteiger partial charge is 0.448 e. The molecule has 3 aromatic rings. The van der Waals surface area contributed by atoms with E-state index in [4.69, 9.17) is 16.3 Å². The normalized spacial score (nSPS) is 13.6. The lowest BCUT2D eigenvalue weighted by Gasteiger charge is -2.14. The topological polar surface area (TPSA) is 73.2 Å². The van der Waals surface area contributed by atoms with Crippen LogP contribution in [0.1, 0.15) is 35.1 Å². The van der Waals surface area contributed by atoms with Crippen molar-refractivity contribution < 1.29 is 14.3 Å². The third-order valence-corrected chi connectivity index (χ3v) is 5.24. The lowest BCUT2D eigenvalue weighted by Crippen LogP contribution is -2.30. The van der Waals surface area contributed by atoms with Gasteiger partial charge in [-0.2, -0.15) is 5.10 Å². The first kappa shape index (κ1) is 19.2. The van der Waals surface area contributed by atoms with Crippen LogP contribution in [0, 0.1) is 0 Å². The first-order valence-electron chi connectivity index (χ1n) is 9.47. The van der Waals surface area contributed by atoms with E-state index in [0.29, 0.717) is 10.7 Å². The first-order chi connectivity index (χ1) is 14.0. The Bertz CT molecular complexity index is 1060. The van der Waals surface area contributed by atoms with Crippen molar-refractivity contribution in [2.45, 2.75) is 32.3 Å². The number of amides is 1. The number of carbonyl (C=O) groups excluding carboxylic acids is 2. The van der Waals surface area contributed by atoms with Crippen LogP contribution in [-0.2, 0) is 22.4 Å². The van der Waals surface area contributed by atoms with E-state index in [0.717, 1.165) is 36.2 Å². The summed E-state index contributed by atoms with van der Waals surface area (Å²) in [6, 6.07) is 16.6. The van der Waals surface area contributed by atoms with Gasteiger partial charge in [-0.15, -0.1) is 0 Å². The Kier molecular flexibility index (Phi) is 5.36. The van der Waals surface area contributed by atoms with Crippen molar-refractivity contribution in [3.05, 3.63) is 76.6 Å². The quantitative estimate of drug-likeness (QED) is 0.641. The third kappa shape index (κ3) is 3.89. The van der Waals surface area contributed by atoms with Gasteiger partial charge >= 0.3 is 5.97 Å². The van der Waals surface area contributed by atoms with Crippen LogP contribution in [-0.4, -0.2) is 27.8 Å². The van der Waals surface area contributed by atoms with Crippen LogP contribution >= 0.6 is 11.6 Å². The molecule has 0 saturated heterocycles.